The van der Waals surface area contributed by atoms with Crippen LogP contribution >= 0.6 is 7.26 Å². The number of halogens is 1. The minimum atomic E-state index is -2.27. The number of hydrogen-bond donors (Lipinski definition) is 0. The summed E-state index contributed by atoms with van der Waals surface area (Å²) in [6.45, 7) is 0.728. The normalized spacial score (nSPS) is 15.6. The van der Waals surface area contributed by atoms with Crippen molar-refractivity contribution < 1.29 is 21.8 Å². The van der Waals surface area contributed by atoms with E-state index in [2.05, 4.69) is 133 Å². The second-order valence-corrected chi connectivity index (χ2v) is 12.6. The molecule has 0 aromatic heterocycles. The Kier molecular flexibility index (Phi) is 7.05. The van der Waals surface area contributed by atoms with E-state index in [4.69, 9.17) is 0 Å². The number of anilines is 1. The van der Waals surface area contributed by atoms with Gasteiger partial charge in [0.15, 0.2) is 5.66 Å². The highest BCUT2D eigenvalue weighted by Crippen LogP contribution is 2.62. The van der Waals surface area contributed by atoms with E-state index in [0.717, 1.165) is 29.4 Å². The number of hydrogen-bond acceptors (Lipinski definition) is 1. The Bertz CT molecular complexity index is 1370. The van der Waals surface area contributed by atoms with Crippen molar-refractivity contribution in [3.63, 3.8) is 0 Å². The van der Waals surface area contributed by atoms with Crippen LogP contribution in [0.5, 0.6) is 0 Å². The third-order valence-corrected chi connectivity index (χ3v) is 11.9. The molecular weight excluding hydrogens is 525 g/mol. The van der Waals surface area contributed by atoms with Crippen LogP contribution in [0, 0.1) is 0 Å². The highest BCUT2D eigenvalue weighted by Gasteiger charge is 2.58. The smallest absolute Gasteiger partial charge is 0.269 e. The van der Waals surface area contributed by atoms with E-state index in [1.807, 2.05) is 4.90 Å². The average Bonchev–Trinajstić information content (AvgIpc) is 3.32. The van der Waals surface area contributed by atoms with Crippen LogP contribution in [0.2, 0.25) is 0 Å². The standard InChI is InChI=1S/C32H27NOP.BrH/c34-32-31(23-24-33(32)30-22-12-14-25-13-10-11-21-29(25)30)35(26-15-4-1-5-16-26,27-17-6-2-7-18-27)28-19-8-3-9-20-28;/h1-22,31H,23-24H2;1H/q+1;/p-1. The van der Waals surface area contributed by atoms with Crippen molar-refractivity contribution in [2.24, 2.45) is 0 Å². The van der Waals surface area contributed by atoms with Crippen molar-refractivity contribution >= 4 is 45.5 Å². The van der Waals surface area contributed by atoms with Crippen molar-refractivity contribution in [3.05, 3.63) is 133 Å². The Hall–Kier alpha value is -3.26. The number of nitrogens with zero attached hydrogens (tertiary/aromatic N) is 1. The van der Waals surface area contributed by atoms with Crippen LogP contribution in [0.25, 0.3) is 10.8 Å². The number of fused-ring (bicyclic) bond motifs is 1. The molecule has 36 heavy (non-hydrogen) atoms. The van der Waals surface area contributed by atoms with Gasteiger partial charge in [0.2, 0.25) is 0 Å². The molecular formula is C32H27BrNOP. The first kappa shape index (κ1) is 24.4. The largest absolute Gasteiger partial charge is 1.00 e. The highest BCUT2D eigenvalue weighted by molar-refractivity contribution is 7.97. The van der Waals surface area contributed by atoms with Gasteiger partial charge in [0.25, 0.3) is 5.91 Å². The van der Waals surface area contributed by atoms with Gasteiger partial charge in [0, 0.05) is 18.4 Å². The van der Waals surface area contributed by atoms with Gasteiger partial charge in [-0.1, -0.05) is 91.0 Å². The zero-order chi connectivity index (χ0) is 23.7. The van der Waals surface area contributed by atoms with Crippen LogP contribution in [0.1, 0.15) is 6.42 Å². The molecule has 1 aliphatic rings. The van der Waals surface area contributed by atoms with Gasteiger partial charge in [0.05, 0.1) is 5.69 Å². The van der Waals surface area contributed by atoms with E-state index in [-0.39, 0.29) is 28.5 Å². The molecule has 1 aliphatic heterocycles. The summed E-state index contributed by atoms with van der Waals surface area (Å²) in [6.07, 6.45) is 0.828. The molecule has 0 N–H and O–H groups in total. The summed E-state index contributed by atoms with van der Waals surface area (Å²) >= 11 is 0. The number of carbonyl (C=O) groups excluding carboxylic acids is 1. The maximum Gasteiger partial charge on any atom is 0.269 e. The maximum atomic E-state index is 14.5. The molecule has 178 valence electrons. The molecule has 1 atom stereocenters. The third kappa shape index (κ3) is 3.97. The molecule has 0 saturated carbocycles. The molecule has 5 aromatic rings. The Labute approximate surface area is 223 Å². The predicted molar refractivity (Wildman–Crippen MR) is 150 cm³/mol. The summed E-state index contributed by atoms with van der Waals surface area (Å²) in [5, 5.41) is 6.07. The molecule has 0 aliphatic carbocycles. The van der Waals surface area contributed by atoms with E-state index in [9.17, 15) is 4.79 Å². The fourth-order valence-corrected chi connectivity index (χ4v) is 10.6. The summed E-state index contributed by atoms with van der Waals surface area (Å²) in [4.78, 5) is 16.5. The molecule has 0 spiro atoms. The van der Waals surface area contributed by atoms with E-state index >= 15 is 0 Å². The highest BCUT2D eigenvalue weighted by atomic mass is 79.9. The van der Waals surface area contributed by atoms with Crippen molar-refractivity contribution in [3.8, 4) is 0 Å². The minimum Gasteiger partial charge on any atom is -1.00 e. The number of amides is 1. The molecule has 5 aromatic carbocycles. The summed E-state index contributed by atoms with van der Waals surface area (Å²) in [5.41, 5.74) is 0.900. The van der Waals surface area contributed by atoms with Crippen LogP contribution < -0.4 is 37.8 Å². The Morgan fingerprint density at radius 2 is 1.06 bits per heavy atom. The van der Waals surface area contributed by atoms with Crippen molar-refractivity contribution in [2.75, 3.05) is 11.4 Å². The molecule has 1 fully saturated rings. The molecule has 6 rings (SSSR count). The number of rotatable bonds is 5. The van der Waals surface area contributed by atoms with Gasteiger partial charge in [-0.15, -0.1) is 0 Å². The van der Waals surface area contributed by atoms with Gasteiger partial charge in [0.1, 0.15) is 23.2 Å². The van der Waals surface area contributed by atoms with Crippen LogP contribution in [-0.4, -0.2) is 18.1 Å². The zero-order valence-corrected chi connectivity index (χ0v) is 22.4. The lowest BCUT2D eigenvalue weighted by molar-refractivity contribution is -0.116. The fourth-order valence-electron chi connectivity index (χ4n) is 5.68. The van der Waals surface area contributed by atoms with Crippen molar-refractivity contribution in [1.29, 1.82) is 0 Å². The summed E-state index contributed by atoms with van der Waals surface area (Å²) in [6, 6.07) is 46.8. The van der Waals surface area contributed by atoms with Gasteiger partial charge in [-0.2, -0.15) is 0 Å². The van der Waals surface area contributed by atoms with Crippen molar-refractivity contribution in [2.45, 2.75) is 12.1 Å². The quantitative estimate of drug-likeness (QED) is 0.307. The second kappa shape index (κ2) is 10.4. The van der Waals surface area contributed by atoms with Gasteiger partial charge < -0.3 is 21.9 Å². The molecule has 0 radical (unpaired) electrons. The first-order valence-electron chi connectivity index (χ1n) is 12.1. The van der Waals surface area contributed by atoms with E-state index < -0.39 is 7.26 Å². The molecule has 0 bridgehead atoms. The minimum absolute atomic E-state index is 0. The van der Waals surface area contributed by atoms with Crippen LogP contribution in [0.3, 0.4) is 0 Å². The topological polar surface area (TPSA) is 20.3 Å². The number of carbonyl (C=O) groups is 1. The average molecular weight is 552 g/mol. The first-order valence-corrected chi connectivity index (χ1v) is 14.0. The molecule has 1 heterocycles. The Balaban J connectivity index is 0.00000267. The summed E-state index contributed by atoms with van der Waals surface area (Å²) in [5.74, 6) is 0.228. The Morgan fingerprint density at radius 3 is 1.61 bits per heavy atom. The lowest BCUT2D eigenvalue weighted by Crippen LogP contribution is -3.00. The monoisotopic (exact) mass is 551 g/mol. The lowest BCUT2D eigenvalue weighted by atomic mass is 10.1. The molecule has 1 saturated heterocycles. The Morgan fingerprint density at radius 1 is 0.583 bits per heavy atom. The molecule has 1 unspecified atom stereocenters. The summed E-state index contributed by atoms with van der Waals surface area (Å²) < 4.78 is 0. The van der Waals surface area contributed by atoms with Gasteiger partial charge in [-0.3, -0.25) is 4.79 Å². The van der Waals surface area contributed by atoms with Crippen LogP contribution in [0.15, 0.2) is 133 Å². The van der Waals surface area contributed by atoms with E-state index in [1.54, 1.807) is 0 Å². The van der Waals surface area contributed by atoms with Gasteiger partial charge in [-0.05, 0) is 47.9 Å². The fraction of sp³-hybridized carbons (Fsp3) is 0.0938. The molecule has 4 heteroatoms. The second-order valence-electron chi connectivity index (χ2n) is 9.02. The van der Waals surface area contributed by atoms with Crippen LogP contribution in [0.4, 0.5) is 5.69 Å². The van der Waals surface area contributed by atoms with Crippen LogP contribution in [-0.2, 0) is 4.79 Å². The molecule has 2 nitrogen and oxygen atoms in total. The van der Waals surface area contributed by atoms with Crippen molar-refractivity contribution in [1.82, 2.24) is 0 Å². The van der Waals surface area contributed by atoms with Gasteiger partial charge in [-0.25, -0.2) is 0 Å². The van der Waals surface area contributed by atoms with E-state index in [1.165, 1.54) is 15.9 Å². The van der Waals surface area contributed by atoms with E-state index in [0.29, 0.717) is 0 Å². The third-order valence-electron chi connectivity index (χ3n) is 7.19. The maximum absolute atomic E-state index is 14.5. The SMILES string of the molecule is O=C1C([P+](c2ccccc2)(c2ccccc2)c2ccccc2)CCN1c1cccc2ccccc12.[Br-]. The molecule has 1 amide bonds. The first-order chi connectivity index (χ1) is 17.3. The number of benzene rings is 5. The van der Waals surface area contributed by atoms with Gasteiger partial charge >= 0.3 is 0 Å². The zero-order valence-electron chi connectivity index (χ0n) is 19.9. The summed E-state index contributed by atoms with van der Waals surface area (Å²) in [7, 11) is -2.27. The predicted octanol–water partition coefficient (Wildman–Crippen LogP) is 2.94. The lowest BCUT2D eigenvalue weighted by Gasteiger charge is -2.32.